The van der Waals surface area contributed by atoms with Crippen molar-refractivity contribution in [3.05, 3.63) is 52.0 Å². The Balaban J connectivity index is 2.19. The van der Waals surface area contributed by atoms with Crippen molar-refractivity contribution in [1.82, 2.24) is 0 Å². The fourth-order valence-electron chi connectivity index (χ4n) is 1.86. The van der Waals surface area contributed by atoms with Crippen LogP contribution >= 0.6 is 15.9 Å². The third-order valence-electron chi connectivity index (χ3n) is 2.97. The number of phenols is 1. The number of nitrogens with one attached hydrogen (secondary N) is 1. The van der Waals surface area contributed by atoms with Crippen LogP contribution in [0.2, 0.25) is 0 Å². The normalized spacial score (nSPS) is 11.4. The maximum absolute atomic E-state index is 11.3. The van der Waals surface area contributed by atoms with Crippen LogP contribution in [0.5, 0.6) is 5.75 Å². The van der Waals surface area contributed by atoms with Gasteiger partial charge in [0.1, 0.15) is 5.75 Å². The lowest BCUT2D eigenvalue weighted by atomic mass is 10.1. The van der Waals surface area contributed by atoms with Crippen molar-refractivity contribution in [2.75, 3.05) is 5.32 Å². The third kappa shape index (κ3) is 3.96. The molecule has 2 aromatic rings. The van der Waals surface area contributed by atoms with Crippen molar-refractivity contribution in [2.45, 2.75) is 18.4 Å². The monoisotopic (exact) mass is 370 g/mol. The molecule has 0 radical (unpaired) electrons. The van der Waals surface area contributed by atoms with Crippen LogP contribution in [0.3, 0.4) is 0 Å². The molecule has 5 nitrogen and oxygen atoms in total. The molecule has 2 rings (SSSR count). The molecule has 0 fully saturated rings. The summed E-state index contributed by atoms with van der Waals surface area (Å²) in [7, 11) is -3.72. The van der Waals surface area contributed by atoms with Crippen molar-refractivity contribution in [3.63, 3.8) is 0 Å². The van der Waals surface area contributed by atoms with Gasteiger partial charge in [-0.05, 0) is 47.1 Å². The van der Waals surface area contributed by atoms with Crippen LogP contribution < -0.4 is 10.5 Å². The summed E-state index contributed by atoms with van der Waals surface area (Å²) in [5.41, 5.74) is 2.52. The first-order valence-electron chi connectivity index (χ1n) is 6.12. The second-order valence-electron chi connectivity index (χ2n) is 4.67. The predicted molar refractivity (Wildman–Crippen MR) is 85.7 cm³/mol. The summed E-state index contributed by atoms with van der Waals surface area (Å²) in [4.78, 5) is 0.0401. The number of sulfonamides is 1. The Hall–Kier alpha value is -1.57. The topological polar surface area (TPSA) is 92.4 Å². The number of phenolic OH excluding ortho intramolecular Hbond substituents is 1. The highest BCUT2D eigenvalue weighted by Gasteiger charge is 2.10. The lowest BCUT2D eigenvalue weighted by Crippen LogP contribution is -2.12. The fourth-order valence-corrected chi connectivity index (χ4v) is 3.07. The summed E-state index contributed by atoms with van der Waals surface area (Å²) in [6.07, 6.45) is 0. The second kappa shape index (κ2) is 6.05. The van der Waals surface area contributed by atoms with Crippen LogP contribution in [-0.4, -0.2) is 13.5 Å². The smallest absolute Gasteiger partial charge is 0.238 e. The summed E-state index contributed by atoms with van der Waals surface area (Å²) in [5, 5.41) is 18.0. The summed E-state index contributed by atoms with van der Waals surface area (Å²) < 4.78 is 23.1. The van der Waals surface area contributed by atoms with E-state index in [1.165, 1.54) is 12.1 Å². The van der Waals surface area contributed by atoms with Gasteiger partial charge in [-0.1, -0.05) is 17.7 Å². The van der Waals surface area contributed by atoms with Crippen molar-refractivity contribution in [2.24, 2.45) is 5.14 Å². The molecule has 0 aromatic heterocycles. The highest BCUT2D eigenvalue weighted by Crippen LogP contribution is 2.27. The number of aryl methyl sites for hydroxylation is 1. The van der Waals surface area contributed by atoms with Gasteiger partial charge in [0.25, 0.3) is 0 Å². The molecule has 0 saturated carbocycles. The van der Waals surface area contributed by atoms with Gasteiger partial charge in [0.05, 0.1) is 4.90 Å². The molecule has 0 heterocycles. The van der Waals surface area contributed by atoms with Crippen LogP contribution in [0.15, 0.2) is 45.8 Å². The van der Waals surface area contributed by atoms with Gasteiger partial charge < -0.3 is 10.4 Å². The number of hydrogen-bond donors (Lipinski definition) is 3. The van der Waals surface area contributed by atoms with Crippen LogP contribution in [0.4, 0.5) is 5.69 Å². The fraction of sp³-hybridized carbons (Fsp3) is 0.143. The Bertz CT molecular complexity index is 776. The Morgan fingerprint density at radius 2 is 1.95 bits per heavy atom. The van der Waals surface area contributed by atoms with Crippen LogP contribution in [0, 0.1) is 6.92 Å². The molecule has 0 aliphatic rings. The largest absolute Gasteiger partial charge is 0.508 e. The number of halogens is 1. The van der Waals surface area contributed by atoms with Crippen molar-refractivity contribution in [3.8, 4) is 5.75 Å². The van der Waals surface area contributed by atoms with Gasteiger partial charge in [-0.15, -0.1) is 0 Å². The Morgan fingerprint density at radius 1 is 1.24 bits per heavy atom. The molecule has 0 bridgehead atoms. The van der Waals surface area contributed by atoms with E-state index in [0.29, 0.717) is 16.7 Å². The number of benzene rings is 2. The lowest BCUT2D eigenvalue weighted by Gasteiger charge is -2.11. The average Bonchev–Trinajstić information content (AvgIpc) is 2.40. The molecule has 0 atom stereocenters. The minimum atomic E-state index is -3.72. The van der Waals surface area contributed by atoms with Crippen molar-refractivity contribution in [1.29, 1.82) is 0 Å². The van der Waals surface area contributed by atoms with E-state index >= 15 is 0 Å². The van der Waals surface area contributed by atoms with E-state index in [1.807, 2.05) is 19.1 Å². The van der Waals surface area contributed by atoms with Crippen LogP contribution in [-0.2, 0) is 16.6 Å². The lowest BCUT2D eigenvalue weighted by molar-refractivity contribution is 0.469. The Kier molecular flexibility index (Phi) is 4.55. The SMILES string of the molecule is Cc1ccc(O)c(CNc2ccc(S(N)(=O)=O)cc2Br)c1. The first kappa shape index (κ1) is 15.8. The summed E-state index contributed by atoms with van der Waals surface area (Å²) in [6, 6.07) is 9.85. The number of nitrogens with two attached hydrogens (primary N) is 1. The number of rotatable bonds is 4. The molecule has 0 unspecified atom stereocenters. The van der Waals surface area contributed by atoms with Gasteiger partial charge in [0.15, 0.2) is 0 Å². The molecule has 21 heavy (non-hydrogen) atoms. The standard InChI is InChI=1S/C14H15BrN2O3S/c1-9-2-5-14(18)10(6-9)8-17-13-4-3-11(7-12(13)15)21(16,19)20/h2-7,17-18H,8H2,1H3,(H2,16,19,20). The second-order valence-corrected chi connectivity index (χ2v) is 7.09. The molecule has 112 valence electrons. The molecule has 0 aliphatic carbocycles. The van der Waals surface area contributed by atoms with E-state index in [4.69, 9.17) is 5.14 Å². The number of primary sulfonamides is 1. The number of aromatic hydroxyl groups is 1. The molecule has 0 aliphatic heterocycles. The van der Waals surface area contributed by atoms with Gasteiger partial charge in [-0.3, -0.25) is 0 Å². The van der Waals surface area contributed by atoms with Crippen molar-refractivity contribution >= 4 is 31.6 Å². The highest BCUT2D eigenvalue weighted by atomic mass is 79.9. The molecular formula is C14H15BrN2O3S. The maximum Gasteiger partial charge on any atom is 0.238 e. The summed E-state index contributed by atoms with van der Waals surface area (Å²) in [6.45, 7) is 2.36. The molecular weight excluding hydrogens is 356 g/mol. The summed E-state index contributed by atoms with van der Waals surface area (Å²) >= 11 is 3.30. The molecule has 0 spiro atoms. The Labute approximate surface area is 132 Å². The number of hydrogen-bond acceptors (Lipinski definition) is 4. The third-order valence-corrected chi connectivity index (χ3v) is 4.54. The quantitative estimate of drug-likeness (QED) is 0.771. The van der Waals surface area contributed by atoms with Gasteiger partial charge in [-0.25, -0.2) is 13.6 Å². The van der Waals surface area contributed by atoms with E-state index < -0.39 is 10.0 Å². The van der Waals surface area contributed by atoms with E-state index in [1.54, 1.807) is 12.1 Å². The minimum Gasteiger partial charge on any atom is -0.508 e. The molecule has 4 N–H and O–H groups in total. The van der Waals surface area contributed by atoms with Crippen LogP contribution in [0.1, 0.15) is 11.1 Å². The highest BCUT2D eigenvalue weighted by molar-refractivity contribution is 9.10. The Morgan fingerprint density at radius 3 is 2.57 bits per heavy atom. The molecule has 2 aromatic carbocycles. The van der Waals surface area contributed by atoms with Gasteiger partial charge >= 0.3 is 0 Å². The van der Waals surface area contributed by atoms with Crippen molar-refractivity contribution < 1.29 is 13.5 Å². The zero-order chi connectivity index (χ0) is 15.6. The average molecular weight is 371 g/mol. The minimum absolute atomic E-state index is 0.0401. The zero-order valence-electron chi connectivity index (χ0n) is 11.3. The van der Waals surface area contributed by atoms with Gasteiger partial charge in [0.2, 0.25) is 10.0 Å². The zero-order valence-corrected chi connectivity index (χ0v) is 13.7. The molecule has 7 heteroatoms. The maximum atomic E-state index is 11.3. The first-order valence-corrected chi connectivity index (χ1v) is 8.46. The first-order chi connectivity index (χ1) is 9.77. The van der Waals surface area contributed by atoms with E-state index in [0.717, 1.165) is 11.1 Å². The van der Waals surface area contributed by atoms with Crippen LogP contribution in [0.25, 0.3) is 0 Å². The van der Waals surface area contributed by atoms with E-state index in [-0.39, 0.29) is 10.6 Å². The molecule has 0 saturated heterocycles. The predicted octanol–water partition coefficient (Wildman–Crippen LogP) is 2.72. The number of anilines is 1. The van der Waals surface area contributed by atoms with Gasteiger partial charge in [0, 0.05) is 22.3 Å². The molecule has 0 amide bonds. The van der Waals surface area contributed by atoms with E-state index in [9.17, 15) is 13.5 Å². The van der Waals surface area contributed by atoms with E-state index in [2.05, 4.69) is 21.2 Å². The van der Waals surface area contributed by atoms with Gasteiger partial charge in [-0.2, -0.15) is 0 Å². The summed E-state index contributed by atoms with van der Waals surface area (Å²) in [5.74, 6) is 0.213.